The second-order valence-corrected chi connectivity index (χ2v) is 3.75. The Morgan fingerprint density at radius 3 is 2.78 bits per heavy atom. The van der Waals surface area contributed by atoms with Gasteiger partial charge in [0.2, 0.25) is 0 Å². The molecule has 0 aliphatic carbocycles. The van der Waals surface area contributed by atoms with Crippen molar-refractivity contribution in [2.24, 2.45) is 0 Å². The standard InChI is InChI=1S/C12H15FN2O3/c1-14-9(7-16)4-5-15-11-3-2-8(12(17)18)6-10(11)13/h2-3,6-7,9,14-15H,4-5H2,1H3,(H,17,18). The van der Waals surface area contributed by atoms with E-state index in [2.05, 4.69) is 10.6 Å². The lowest BCUT2D eigenvalue weighted by Gasteiger charge is -2.11. The number of rotatable bonds is 7. The molecule has 1 rings (SSSR count). The van der Waals surface area contributed by atoms with E-state index in [-0.39, 0.29) is 17.3 Å². The maximum atomic E-state index is 13.5. The summed E-state index contributed by atoms with van der Waals surface area (Å²) < 4.78 is 13.5. The molecule has 0 spiro atoms. The third-order valence-corrected chi connectivity index (χ3v) is 2.52. The van der Waals surface area contributed by atoms with Crippen LogP contribution in [0.4, 0.5) is 10.1 Å². The lowest BCUT2D eigenvalue weighted by Crippen LogP contribution is -2.28. The zero-order valence-corrected chi connectivity index (χ0v) is 9.94. The number of carboxylic acids is 1. The van der Waals surface area contributed by atoms with Crippen LogP contribution in [0, 0.1) is 5.82 Å². The maximum Gasteiger partial charge on any atom is 0.335 e. The number of halogens is 1. The van der Waals surface area contributed by atoms with Crippen molar-refractivity contribution in [3.8, 4) is 0 Å². The number of benzene rings is 1. The Hall–Kier alpha value is -1.95. The molecule has 98 valence electrons. The van der Waals surface area contributed by atoms with E-state index in [0.29, 0.717) is 13.0 Å². The summed E-state index contributed by atoms with van der Waals surface area (Å²) in [7, 11) is 1.67. The molecule has 0 saturated carbocycles. The molecule has 1 aromatic carbocycles. The third-order valence-electron chi connectivity index (χ3n) is 2.52. The number of likely N-dealkylation sites (N-methyl/N-ethyl adjacent to an activating group) is 1. The van der Waals surface area contributed by atoms with Crippen LogP contribution in [-0.2, 0) is 4.79 Å². The van der Waals surface area contributed by atoms with E-state index in [4.69, 9.17) is 5.11 Å². The molecule has 1 aromatic rings. The smallest absolute Gasteiger partial charge is 0.335 e. The van der Waals surface area contributed by atoms with Crippen molar-refractivity contribution in [2.75, 3.05) is 18.9 Å². The maximum absolute atomic E-state index is 13.5. The summed E-state index contributed by atoms with van der Waals surface area (Å²) in [5, 5.41) is 14.3. The van der Waals surface area contributed by atoms with Crippen molar-refractivity contribution in [1.82, 2.24) is 5.32 Å². The second kappa shape index (κ2) is 6.70. The number of carbonyl (C=O) groups excluding carboxylic acids is 1. The number of aromatic carboxylic acids is 1. The van der Waals surface area contributed by atoms with E-state index in [0.717, 1.165) is 12.4 Å². The highest BCUT2D eigenvalue weighted by Gasteiger charge is 2.08. The predicted octanol–water partition coefficient (Wildman–Crippen LogP) is 1.11. The van der Waals surface area contributed by atoms with Gasteiger partial charge in [0.1, 0.15) is 12.1 Å². The lowest BCUT2D eigenvalue weighted by atomic mass is 10.2. The van der Waals surface area contributed by atoms with Gasteiger partial charge in [0.25, 0.3) is 0 Å². The fourth-order valence-corrected chi connectivity index (χ4v) is 1.43. The summed E-state index contributed by atoms with van der Waals surface area (Å²) in [5.74, 6) is -1.79. The van der Waals surface area contributed by atoms with Crippen LogP contribution < -0.4 is 10.6 Å². The second-order valence-electron chi connectivity index (χ2n) is 3.75. The molecule has 0 saturated heterocycles. The zero-order valence-electron chi connectivity index (χ0n) is 9.94. The molecule has 6 heteroatoms. The number of aldehydes is 1. The van der Waals surface area contributed by atoms with Gasteiger partial charge in [0.05, 0.1) is 17.3 Å². The molecule has 0 bridgehead atoms. The van der Waals surface area contributed by atoms with Crippen molar-refractivity contribution in [3.05, 3.63) is 29.6 Å². The van der Waals surface area contributed by atoms with Gasteiger partial charge in [-0.05, 0) is 31.7 Å². The summed E-state index contributed by atoms with van der Waals surface area (Å²) in [5.41, 5.74) is 0.125. The van der Waals surface area contributed by atoms with Gasteiger partial charge >= 0.3 is 5.97 Å². The normalized spacial score (nSPS) is 11.9. The van der Waals surface area contributed by atoms with E-state index < -0.39 is 11.8 Å². The van der Waals surface area contributed by atoms with Crippen LogP contribution in [0.5, 0.6) is 0 Å². The molecule has 0 aromatic heterocycles. The summed E-state index contributed by atoms with van der Waals surface area (Å²) in [6, 6.07) is 3.37. The average Bonchev–Trinajstić information content (AvgIpc) is 2.36. The highest BCUT2D eigenvalue weighted by molar-refractivity contribution is 5.88. The number of hydrogen-bond acceptors (Lipinski definition) is 4. The van der Waals surface area contributed by atoms with Gasteiger partial charge < -0.3 is 20.5 Å². The lowest BCUT2D eigenvalue weighted by molar-refractivity contribution is -0.109. The average molecular weight is 254 g/mol. The van der Waals surface area contributed by atoms with E-state index in [1.165, 1.54) is 12.1 Å². The van der Waals surface area contributed by atoms with Crippen LogP contribution in [0.15, 0.2) is 18.2 Å². The molecule has 0 aliphatic rings. The van der Waals surface area contributed by atoms with Crippen LogP contribution in [-0.4, -0.2) is 37.0 Å². The Morgan fingerprint density at radius 1 is 1.56 bits per heavy atom. The Balaban J connectivity index is 2.58. The first-order chi connectivity index (χ1) is 8.58. The number of carboxylic acid groups (broad SMARTS) is 1. The first kappa shape index (κ1) is 14.1. The molecule has 1 unspecified atom stereocenters. The van der Waals surface area contributed by atoms with Crippen molar-refractivity contribution < 1.29 is 19.1 Å². The largest absolute Gasteiger partial charge is 0.478 e. The van der Waals surface area contributed by atoms with Crippen LogP contribution in [0.25, 0.3) is 0 Å². The van der Waals surface area contributed by atoms with Crippen LogP contribution in [0.3, 0.4) is 0 Å². The Labute approximate surface area is 104 Å². The number of nitrogens with one attached hydrogen (secondary N) is 2. The molecule has 0 radical (unpaired) electrons. The van der Waals surface area contributed by atoms with Crippen LogP contribution in [0.2, 0.25) is 0 Å². The van der Waals surface area contributed by atoms with Gasteiger partial charge in [-0.1, -0.05) is 0 Å². The van der Waals surface area contributed by atoms with Gasteiger partial charge in [-0.15, -0.1) is 0 Å². The molecule has 3 N–H and O–H groups in total. The molecule has 5 nitrogen and oxygen atoms in total. The third kappa shape index (κ3) is 3.81. The summed E-state index contributed by atoms with van der Waals surface area (Å²) >= 11 is 0. The van der Waals surface area contributed by atoms with Gasteiger partial charge in [-0.3, -0.25) is 0 Å². The Bertz CT molecular complexity index is 437. The first-order valence-electron chi connectivity index (χ1n) is 5.47. The minimum absolute atomic E-state index is 0.0981. The fraction of sp³-hybridized carbons (Fsp3) is 0.333. The molecule has 0 aliphatic heterocycles. The minimum Gasteiger partial charge on any atom is -0.478 e. The molecule has 18 heavy (non-hydrogen) atoms. The van der Waals surface area contributed by atoms with Crippen LogP contribution in [0.1, 0.15) is 16.8 Å². The predicted molar refractivity (Wildman–Crippen MR) is 65.4 cm³/mol. The highest BCUT2D eigenvalue weighted by atomic mass is 19.1. The number of anilines is 1. The van der Waals surface area contributed by atoms with Crippen LogP contribution >= 0.6 is 0 Å². The van der Waals surface area contributed by atoms with Crippen molar-refractivity contribution >= 4 is 17.9 Å². The zero-order chi connectivity index (χ0) is 13.5. The summed E-state index contributed by atoms with van der Waals surface area (Å²) in [6.07, 6.45) is 1.30. The van der Waals surface area contributed by atoms with E-state index >= 15 is 0 Å². The van der Waals surface area contributed by atoms with Crippen molar-refractivity contribution in [2.45, 2.75) is 12.5 Å². The van der Waals surface area contributed by atoms with E-state index in [1.807, 2.05) is 0 Å². The molecule has 0 fully saturated rings. The van der Waals surface area contributed by atoms with Gasteiger partial charge in [0, 0.05) is 6.54 Å². The quantitative estimate of drug-likeness (QED) is 0.635. The minimum atomic E-state index is -1.17. The fourth-order valence-electron chi connectivity index (χ4n) is 1.43. The summed E-state index contributed by atoms with van der Waals surface area (Å²) in [4.78, 5) is 21.1. The first-order valence-corrected chi connectivity index (χ1v) is 5.47. The Kier molecular flexibility index (Phi) is 5.26. The number of hydrogen-bond donors (Lipinski definition) is 3. The highest BCUT2D eigenvalue weighted by Crippen LogP contribution is 2.15. The monoisotopic (exact) mass is 254 g/mol. The van der Waals surface area contributed by atoms with E-state index in [1.54, 1.807) is 7.05 Å². The van der Waals surface area contributed by atoms with Crippen molar-refractivity contribution in [3.63, 3.8) is 0 Å². The van der Waals surface area contributed by atoms with Gasteiger partial charge in [-0.2, -0.15) is 0 Å². The van der Waals surface area contributed by atoms with Gasteiger partial charge in [0.15, 0.2) is 0 Å². The molecule has 0 amide bonds. The molecular weight excluding hydrogens is 239 g/mol. The SMILES string of the molecule is CNC(C=O)CCNc1ccc(C(=O)O)cc1F. The van der Waals surface area contributed by atoms with Gasteiger partial charge in [-0.25, -0.2) is 9.18 Å². The van der Waals surface area contributed by atoms with Crippen molar-refractivity contribution in [1.29, 1.82) is 0 Å². The Morgan fingerprint density at radius 2 is 2.28 bits per heavy atom. The number of carbonyl (C=O) groups is 2. The van der Waals surface area contributed by atoms with E-state index in [9.17, 15) is 14.0 Å². The molecule has 1 atom stereocenters. The molecule has 0 heterocycles. The topological polar surface area (TPSA) is 78.4 Å². The summed E-state index contributed by atoms with van der Waals surface area (Å²) in [6.45, 7) is 0.410. The molecular formula is C12H15FN2O3.